The third-order valence-electron chi connectivity index (χ3n) is 9.59. The molecular weight excluding hydrogens is 677 g/mol. The molecule has 1 aromatic heterocycles. The van der Waals surface area contributed by atoms with Crippen molar-refractivity contribution in [2.24, 2.45) is 5.92 Å². The Labute approximate surface area is 303 Å². The van der Waals surface area contributed by atoms with Gasteiger partial charge in [0.15, 0.2) is 23.9 Å². The Morgan fingerprint density at radius 2 is 1.62 bits per heavy atom. The number of methoxy groups -OCH3 is 2. The molecule has 7 rings (SSSR count). The number of aryl methyl sites for hydroxylation is 1. The second-order valence-electron chi connectivity index (χ2n) is 12.7. The summed E-state index contributed by atoms with van der Waals surface area (Å²) in [5.74, 6) is 1.01. The average Bonchev–Trinajstić information content (AvgIpc) is 3.15. The highest BCUT2D eigenvalue weighted by atomic mass is 35.5. The lowest BCUT2D eigenvalue weighted by atomic mass is 9.86. The van der Waals surface area contributed by atoms with Crippen molar-refractivity contribution in [1.29, 1.82) is 0 Å². The molecule has 4 aromatic rings. The first-order valence-corrected chi connectivity index (χ1v) is 17.7. The molecule has 3 fully saturated rings. The van der Waals surface area contributed by atoms with E-state index in [2.05, 4.69) is 9.88 Å². The lowest BCUT2D eigenvalue weighted by molar-refractivity contribution is -0.377. The predicted molar refractivity (Wildman–Crippen MR) is 192 cm³/mol. The molecule has 2 atom stereocenters. The highest BCUT2D eigenvalue weighted by Gasteiger charge is 2.37. The Morgan fingerprint density at radius 3 is 2.26 bits per heavy atom. The zero-order chi connectivity index (χ0) is 35.0. The predicted octanol–water partition coefficient (Wildman–Crippen LogP) is 7.64. The van der Waals surface area contributed by atoms with Crippen LogP contribution in [0.4, 0.5) is 10.5 Å². The maximum Gasteiger partial charge on any atom is 0.414 e. The van der Waals surface area contributed by atoms with Gasteiger partial charge in [-0.25, -0.2) is 14.6 Å². The Kier molecular flexibility index (Phi) is 11.8. The molecule has 2 bridgehead atoms. The van der Waals surface area contributed by atoms with Gasteiger partial charge in [-0.1, -0.05) is 59.6 Å². The number of halogens is 2. The normalized spacial score (nSPS) is 18.6. The van der Waals surface area contributed by atoms with Crippen molar-refractivity contribution in [2.75, 3.05) is 45.3 Å². The summed E-state index contributed by atoms with van der Waals surface area (Å²) in [6.07, 6.45) is 6.02. The Hall–Kier alpha value is -4.31. The summed E-state index contributed by atoms with van der Waals surface area (Å²) < 4.78 is 23.1. The minimum atomic E-state index is -0.718. The molecule has 9 nitrogen and oxygen atoms in total. The van der Waals surface area contributed by atoms with Crippen molar-refractivity contribution >= 4 is 41.0 Å². The lowest BCUT2D eigenvalue weighted by Crippen LogP contribution is -2.53. The number of carbonyl (C=O) groups is 2. The van der Waals surface area contributed by atoms with Gasteiger partial charge in [0.2, 0.25) is 0 Å². The van der Waals surface area contributed by atoms with Gasteiger partial charge < -0.3 is 18.9 Å². The highest BCUT2D eigenvalue weighted by molar-refractivity contribution is 6.35. The largest absolute Gasteiger partial charge is 0.493 e. The summed E-state index contributed by atoms with van der Waals surface area (Å²) in [6.45, 7) is 3.50. The number of H-pyrrole nitrogens is 1. The van der Waals surface area contributed by atoms with Crippen LogP contribution >= 0.6 is 23.2 Å². The van der Waals surface area contributed by atoms with Crippen molar-refractivity contribution < 1.29 is 33.5 Å². The van der Waals surface area contributed by atoms with E-state index in [0.717, 1.165) is 43.7 Å². The van der Waals surface area contributed by atoms with Gasteiger partial charge in [-0.05, 0) is 92.2 Å². The number of para-hydroxylation sites is 1. The first-order valence-electron chi connectivity index (χ1n) is 16.9. The number of piperidine rings is 3. The van der Waals surface area contributed by atoms with E-state index < -0.39 is 12.1 Å². The second-order valence-corrected chi connectivity index (χ2v) is 13.5. The standard InChI is InChI=1S/C39H41Cl2N3O6/c1-47-34-15-14-29(21-36(34)48-2)35(22-31-32(40)23-42-24-33(31)41)49-38(45)28-12-10-26(11-13-28)7-6-18-44(30-8-4-3-5-9-30)39(46)50-37-25-43-19-16-27(37)17-20-43/h3-5,8-15,21,23-24,27,35,37H,6-7,16-20,22,25H2,1-2H3/p+1/t35-,37-/m0/s1. The van der Waals surface area contributed by atoms with E-state index in [9.17, 15) is 9.59 Å². The fraction of sp³-hybridized carbons (Fsp3) is 0.359. The van der Waals surface area contributed by atoms with Crippen LogP contribution in [0.15, 0.2) is 85.2 Å². The molecule has 0 aliphatic carbocycles. The quantitative estimate of drug-likeness (QED) is 0.131. The van der Waals surface area contributed by atoms with Crippen LogP contribution in [0.25, 0.3) is 0 Å². The van der Waals surface area contributed by atoms with Crippen LogP contribution < -0.4 is 19.4 Å². The maximum absolute atomic E-state index is 13.5. The van der Waals surface area contributed by atoms with E-state index in [1.54, 1.807) is 55.8 Å². The number of pyridine rings is 1. The Balaban J connectivity index is 1.11. The molecule has 1 N–H and O–H groups in total. The smallest absolute Gasteiger partial charge is 0.414 e. The number of esters is 1. The van der Waals surface area contributed by atoms with Crippen LogP contribution in [0.3, 0.4) is 0 Å². The second kappa shape index (κ2) is 16.6. The molecule has 262 valence electrons. The van der Waals surface area contributed by atoms with Crippen LogP contribution in [0, 0.1) is 5.92 Å². The van der Waals surface area contributed by atoms with Crippen LogP contribution in [-0.4, -0.2) is 63.5 Å². The Morgan fingerprint density at radius 1 is 0.920 bits per heavy atom. The summed E-state index contributed by atoms with van der Waals surface area (Å²) in [6, 6.07) is 22.4. The number of amides is 1. The third kappa shape index (κ3) is 8.52. The van der Waals surface area contributed by atoms with Crippen LogP contribution in [0.1, 0.15) is 52.4 Å². The number of ether oxygens (including phenoxy) is 4. The fourth-order valence-corrected chi connectivity index (χ4v) is 7.29. The van der Waals surface area contributed by atoms with Gasteiger partial charge in [0.05, 0.1) is 19.8 Å². The van der Waals surface area contributed by atoms with Gasteiger partial charge in [0.1, 0.15) is 22.3 Å². The number of fused-ring (bicyclic) bond motifs is 3. The molecule has 3 aromatic carbocycles. The SMILES string of the molecule is COc1ccc([C@H](Cc2c(Cl)c[nH+]cc2Cl)OC(=O)c2ccc(CCCN(C(=O)O[C@H]3CN4CCC3CC4)c3ccccc3)cc2)cc1OC. The topological polar surface area (TPSA) is 91.7 Å². The molecule has 1 amide bonds. The molecule has 0 spiro atoms. The number of carbonyl (C=O) groups excluding carboxylic acids is 2. The summed E-state index contributed by atoms with van der Waals surface area (Å²) in [5, 5.41) is 0.864. The van der Waals surface area contributed by atoms with E-state index in [0.29, 0.717) is 63.5 Å². The fourth-order valence-electron chi connectivity index (χ4n) is 6.75. The molecule has 0 unspecified atom stereocenters. The first kappa shape index (κ1) is 35.5. The number of rotatable bonds is 13. The summed E-state index contributed by atoms with van der Waals surface area (Å²) in [4.78, 5) is 34.0. The summed E-state index contributed by atoms with van der Waals surface area (Å²) in [7, 11) is 3.11. The van der Waals surface area contributed by atoms with Crippen LogP contribution in [0.5, 0.6) is 11.5 Å². The van der Waals surface area contributed by atoms with E-state index in [-0.39, 0.29) is 18.6 Å². The van der Waals surface area contributed by atoms with Gasteiger partial charge >= 0.3 is 12.1 Å². The number of anilines is 1. The molecule has 3 aliphatic heterocycles. The van der Waals surface area contributed by atoms with E-state index in [4.69, 9.17) is 42.1 Å². The first-order chi connectivity index (χ1) is 24.3. The van der Waals surface area contributed by atoms with Gasteiger partial charge in [0, 0.05) is 30.8 Å². The molecule has 0 saturated carbocycles. The van der Waals surface area contributed by atoms with Crippen molar-refractivity contribution in [3.8, 4) is 11.5 Å². The molecule has 11 heteroatoms. The molecule has 3 saturated heterocycles. The van der Waals surface area contributed by atoms with Crippen LogP contribution in [-0.2, 0) is 22.3 Å². The van der Waals surface area contributed by atoms with Crippen molar-refractivity contribution in [1.82, 2.24) is 4.90 Å². The molecule has 50 heavy (non-hydrogen) atoms. The van der Waals surface area contributed by atoms with Gasteiger partial charge in [0.25, 0.3) is 0 Å². The molecule has 3 aliphatic rings. The minimum Gasteiger partial charge on any atom is -0.493 e. The number of nitrogens with zero attached hydrogens (tertiary/aromatic N) is 2. The van der Waals surface area contributed by atoms with Gasteiger partial charge in [-0.2, -0.15) is 0 Å². The van der Waals surface area contributed by atoms with Crippen molar-refractivity contribution in [2.45, 2.75) is 44.3 Å². The Bertz CT molecular complexity index is 1750. The zero-order valence-corrected chi connectivity index (χ0v) is 29.8. The number of hydrogen-bond donors (Lipinski definition) is 0. The maximum atomic E-state index is 13.5. The third-order valence-corrected chi connectivity index (χ3v) is 10.3. The monoisotopic (exact) mass is 718 g/mol. The number of benzene rings is 3. The lowest BCUT2D eigenvalue weighted by Gasteiger charge is -2.44. The van der Waals surface area contributed by atoms with Crippen molar-refractivity contribution in [3.63, 3.8) is 0 Å². The minimum absolute atomic E-state index is 0.0602. The van der Waals surface area contributed by atoms with Crippen LogP contribution in [0.2, 0.25) is 10.0 Å². The molecule has 4 heterocycles. The van der Waals surface area contributed by atoms with E-state index >= 15 is 0 Å². The average molecular weight is 720 g/mol. The van der Waals surface area contributed by atoms with E-state index in [1.165, 1.54) is 0 Å². The van der Waals surface area contributed by atoms with Gasteiger partial charge in [-0.3, -0.25) is 9.80 Å². The summed E-state index contributed by atoms with van der Waals surface area (Å²) in [5.41, 5.74) is 3.60. The van der Waals surface area contributed by atoms with E-state index in [1.807, 2.05) is 48.5 Å². The molecular formula is C39H42Cl2N3O6+. The highest BCUT2D eigenvalue weighted by Crippen LogP contribution is 2.35. The number of hydrogen-bond acceptors (Lipinski definition) is 7. The number of aromatic nitrogens is 1. The van der Waals surface area contributed by atoms with Gasteiger partial charge in [-0.15, -0.1) is 0 Å². The summed E-state index contributed by atoms with van der Waals surface area (Å²) >= 11 is 13.0. The number of aromatic amines is 1. The number of nitrogens with one attached hydrogen (secondary N) is 1. The zero-order valence-electron chi connectivity index (χ0n) is 28.3. The molecule has 0 radical (unpaired) electrons. The van der Waals surface area contributed by atoms with Crippen molar-refractivity contribution in [3.05, 3.63) is 117 Å².